The summed E-state index contributed by atoms with van der Waals surface area (Å²) in [6.45, 7) is 2.82. The standard InChI is InChI=1S/C14H27ClO2/c1-2-3-4-5-6-7-10-13-17-14(16)11-8-9-12-15/h2-13H2,1H3. The Bertz CT molecular complexity index is 172. The normalized spacial score (nSPS) is 10.5. The summed E-state index contributed by atoms with van der Waals surface area (Å²) >= 11 is 5.53. The Labute approximate surface area is 111 Å². The highest BCUT2D eigenvalue weighted by molar-refractivity contribution is 6.17. The van der Waals surface area contributed by atoms with Gasteiger partial charge in [-0.05, 0) is 19.3 Å². The molecule has 0 aliphatic heterocycles. The summed E-state index contributed by atoms with van der Waals surface area (Å²) < 4.78 is 5.13. The fraction of sp³-hybridized carbons (Fsp3) is 0.929. The second-order valence-electron chi connectivity index (χ2n) is 4.49. The van der Waals surface area contributed by atoms with E-state index in [9.17, 15) is 4.79 Å². The molecule has 0 amide bonds. The highest BCUT2D eigenvalue weighted by Crippen LogP contribution is 2.07. The first-order valence-corrected chi connectivity index (χ1v) is 7.56. The van der Waals surface area contributed by atoms with Gasteiger partial charge in [-0.3, -0.25) is 4.79 Å². The lowest BCUT2D eigenvalue weighted by Crippen LogP contribution is -2.05. The van der Waals surface area contributed by atoms with Gasteiger partial charge in [0.2, 0.25) is 0 Å². The van der Waals surface area contributed by atoms with Crippen molar-refractivity contribution in [1.29, 1.82) is 0 Å². The van der Waals surface area contributed by atoms with E-state index in [1.807, 2.05) is 0 Å². The molecule has 17 heavy (non-hydrogen) atoms. The van der Waals surface area contributed by atoms with E-state index in [1.54, 1.807) is 0 Å². The average Bonchev–Trinajstić information content (AvgIpc) is 2.33. The van der Waals surface area contributed by atoms with Gasteiger partial charge in [-0.15, -0.1) is 11.6 Å². The maximum Gasteiger partial charge on any atom is 0.305 e. The molecule has 0 N–H and O–H groups in total. The van der Waals surface area contributed by atoms with Gasteiger partial charge in [0.05, 0.1) is 6.61 Å². The fourth-order valence-electron chi connectivity index (χ4n) is 1.68. The third-order valence-corrected chi connectivity index (χ3v) is 3.04. The lowest BCUT2D eigenvalue weighted by Gasteiger charge is -2.04. The third-order valence-electron chi connectivity index (χ3n) is 2.78. The summed E-state index contributed by atoms with van der Waals surface area (Å²) in [5.74, 6) is 0.562. The van der Waals surface area contributed by atoms with Crippen LogP contribution in [-0.4, -0.2) is 18.5 Å². The molecule has 0 aliphatic rings. The quantitative estimate of drug-likeness (QED) is 0.290. The number of halogens is 1. The summed E-state index contributed by atoms with van der Waals surface area (Å²) in [5.41, 5.74) is 0. The summed E-state index contributed by atoms with van der Waals surface area (Å²) in [6.07, 6.45) is 11.0. The Morgan fingerprint density at radius 1 is 0.941 bits per heavy atom. The molecule has 0 unspecified atom stereocenters. The van der Waals surface area contributed by atoms with Crippen LogP contribution in [0.3, 0.4) is 0 Å². The Morgan fingerprint density at radius 3 is 2.24 bits per heavy atom. The molecule has 0 fully saturated rings. The van der Waals surface area contributed by atoms with E-state index in [1.165, 1.54) is 38.5 Å². The van der Waals surface area contributed by atoms with Crippen LogP contribution in [-0.2, 0) is 9.53 Å². The predicted octanol–water partition coefficient (Wildman–Crippen LogP) is 4.69. The Kier molecular flexibility index (Phi) is 13.6. The monoisotopic (exact) mass is 262 g/mol. The minimum Gasteiger partial charge on any atom is -0.466 e. The van der Waals surface area contributed by atoms with Crippen molar-refractivity contribution in [2.45, 2.75) is 71.1 Å². The molecular formula is C14H27ClO2. The maximum atomic E-state index is 11.2. The summed E-state index contributed by atoms with van der Waals surface area (Å²) in [7, 11) is 0. The topological polar surface area (TPSA) is 26.3 Å². The first kappa shape index (κ1) is 16.8. The van der Waals surface area contributed by atoms with Crippen molar-refractivity contribution in [2.24, 2.45) is 0 Å². The molecule has 0 radical (unpaired) electrons. The number of unbranched alkanes of at least 4 members (excludes halogenated alkanes) is 7. The van der Waals surface area contributed by atoms with Gasteiger partial charge >= 0.3 is 5.97 Å². The van der Waals surface area contributed by atoms with Crippen LogP contribution >= 0.6 is 11.6 Å². The van der Waals surface area contributed by atoms with Crippen LogP contribution in [0.5, 0.6) is 0 Å². The first-order chi connectivity index (χ1) is 8.31. The molecule has 0 rings (SSSR count). The van der Waals surface area contributed by atoms with Gasteiger partial charge in [0, 0.05) is 12.3 Å². The number of carbonyl (C=O) groups excluding carboxylic acids is 1. The van der Waals surface area contributed by atoms with Crippen LogP contribution in [0.4, 0.5) is 0 Å². The lowest BCUT2D eigenvalue weighted by atomic mass is 10.1. The Balaban J connectivity index is 3.08. The minimum absolute atomic E-state index is 0.0684. The van der Waals surface area contributed by atoms with Crippen molar-refractivity contribution in [2.75, 3.05) is 12.5 Å². The van der Waals surface area contributed by atoms with E-state index in [4.69, 9.17) is 16.3 Å². The second kappa shape index (κ2) is 13.8. The zero-order valence-corrected chi connectivity index (χ0v) is 11.9. The van der Waals surface area contributed by atoms with E-state index in [0.717, 1.165) is 19.3 Å². The number of hydrogen-bond donors (Lipinski definition) is 0. The molecule has 3 heteroatoms. The van der Waals surface area contributed by atoms with E-state index in [-0.39, 0.29) is 5.97 Å². The van der Waals surface area contributed by atoms with Gasteiger partial charge in [0.25, 0.3) is 0 Å². The van der Waals surface area contributed by atoms with Crippen LogP contribution in [0.25, 0.3) is 0 Å². The summed E-state index contributed by atoms with van der Waals surface area (Å²) in [5, 5.41) is 0. The fourth-order valence-corrected chi connectivity index (χ4v) is 1.87. The van der Waals surface area contributed by atoms with Gasteiger partial charge in [-0.1, -0.05) is 45.4 Å². The molecule has 0 spiro atoms. The SMILES string of the molecule is CCCCCCCCCOC(=O)CCCCCl. The Morgan fingerprint density at radius 2 is 1.59 bits per heavy atom. The molecule has 0 saturated carbocycles. The maximum absolute atomic E-state index is 11.2. The van der Waals surface area contributed by atoms with Crippen molar-refractivity contribution in [3.8, 4) is 0 Å². The second-order valence-corrected chi connectivity index (χ2v) is 4.87. The smallest absolute Gasteiger partial charge is 0.305 e. The van der Waals surface area contributed by atoms with E-state index in [2.05, 4.69) is 6.92 Å². The minimum atomic E-state index is -0.0684. The van der Waals surface area contributed by atoms with E-state index >= 15 is 0 Å². The number of rotatable bonds is 12. The van der Waals surface area contributed by atoms with Crippen molar-refractivity contribution in [3.05, 3.63) is 0 Å². The van der Waals surface area contributed by atoms with Crippen LogP contribution < -0.4 is 0 Å². The molecule has 0 aromatic carbocycles. The van der Waals surface area contributed by atoms with E-state index in [0.29, 0.717) is 18.9 Å². The van der Waals surface area contributed by atoms with Gasteiger partial charge < -0.3 is 4.74 Å². The number of carbonyl (C=O) groups is 1. The average molecular weight is 263 g/mol. The van der Waals surface area contributed by atoms with Gasteiger partial charge in [-0.2, -0.15) is 0 Å². The van der Waals surface area contributed by atoms with Gasteiger partial charge in [0.1, 0.15) is 0 Å². The van der Waals surface area contributed by atoms with Gasteiger partial charge in [-0.25, -0.2) is 0 Å². The largest absolute Gasteiger partial charge is 0.466 e. The molecule has 0 aliphatic carbocycles. The molecule has 0 saturated heterocycles. The highest BCUT2D eigenvalue weighted by Gasteiger charge is 2.01. The lowest BCUT2D eigenvalue weighted by molar-refractivity contribution is -0.143. The van der Waals surface area contributed by atoms with Crippen LogP contribution in [0.15, 0.2) is 0 Å². The Hall–Kier alpha value is -0.240. The zero-order valence-electron chi connectivity index (χ0n) is 11.2. The first-order valence-electron chi connectivity index (χ1n) is 7.02. The third kappa shape index (κ3) is 13.7. The van der Waals surface area contributed by atoms with Crippen molar-refractivity contribution < 1.29 is 9.53 Å². The number of ether oxygens (including phenoxy) is 1. The van der Waals surface area contributed by atoms with Crippen LogP contribution in [0.2, 0.25) is 0 Å². The molecule has 0 aromatic heterocycles. The number of esters is 1. The van der Waals surface area contributed by atoms with Crippen LogP contribution in [0, 0.1) is 0 Å². The predicted molar refractivity (Wildman–Crippen MR) is 73.5 cm³/mol. The van der Waals surface area contributed by atoms with Crippen LogP contribution in [0.1, 0.15) is 71.1 Å². The molecular weight excluding hydrogens is 236 g/mol. The molecule has 0 heterocycles. The van der Waals surface area contributed by atoms with E-state index < -0.39 is 0 Å². The molecule has 0 aromatic rings. The number of hydrogen-bond acceptors (Lipinski definition) is 2. The number of alkyl halides is 1. The van der Waals surface area contributed by atoms with Crippen molar-refractivity contribution in [1.82, 2.24) is 0 Å². The highest BCUT2D eigenvalue weighted by atomic mass is 35.5. The summed E-state index contributed by atoms with van der Waals surface area (Å²) in [4.78, 5) is 11.2. The zero-order chi connectivity index (χ0) is 12.8. The molecule has 0 atom stereocenters. The van der Waals surface area contributed by atoms with Crippen molar-refractivity contribution in [3.63, 3.8) is 0 Å². The molecule has 2 nitrogen and oxygen atoms in total. The molecule has 102 valence electrons. The summed E-state index contributed by atoms with van der Waals surface area (Å²) in [6, 6.07) is 0. The van der Waals surface area contributed by atoms with Gasteiger partial charge in [0.15, 0.2) is 0 Å². The van der Waals surface area contributed by atoms with Crippen molar-refractivity contribution >= 4 is 17.6 Å². The molecule has 0 bridgehead atoms.